The molecule has 1 atom stereocenters. The van der Waals surface area contributed by atoms with Crippen LogP contribution in [0.2, 0.25) is 0 Å². The fourth-order valence-electron chi connectivity index (χ4n) is 3.21. The maximum absolute atomic E-state index is 12.6. The number of hydrogen-bond acceptors (Lipinski definition) is 2. The van der Waals surface area contributed by atoms with Gasteiger partial charge in [-0.3, -0.25) is 9.59 Å². The van der Waals surface area contributed by atoms with Crippen molar-refractivity contribution < 1.29 is 9.59 Å². The highest BCUT2D eigenvalue weighted by Gasteiger charge is 2.22. The van der Waals surface area contributed by atoms with E-state index in [1.807, 2.05) is 42.5 Å². The van der Waals surface area contributed by atoms with Crippen LogP contribution < -0.4 is 10.6 Å². The zero-order valence-electron chi connectivity index (χ0n) is 15.8. The highest BCUT2D eigenvalue weighted by atomic mass is 16.2. The second-order valence-electron chi connectivity index (χ2n) is 6.59. The Balaban J connectivity index is 2.06. The molecule has 1 unspecified atom stereocenters. The monoisotopic (exact) mass is 352 g/mol. The Morgan fingerprint density at radius 1 is 0.923 bits per heavy atom. The van der Waals surface area contributed by atoms with Gasteiger partial charge in [0.2, 0.25) is 11.8 Å². The molecule has 0 radical (unpaired) electrons. The number of anilines is 1. The first-order chi connectivity index (χ1) is 12.5. The number of amides is 2. The Labute approximate surface area is 156 Å². The fraction of sp³-hybridized carbons (Fsp3) is 0.364. The van der Waals surface area contributed by atoms with Crippen molar-refractivity contribution in [2.24, 2.45) is 5.92 Å². The van der Waals surface area contributed by atoms with Crippen LogP contribution in [0, 0.1) is 5.92 Å². The first kappa shape index (κ1) is 19.7. The second kappa shape index (κ2) is 9.76. The minimum Gasteiger partial charge on any atom is -0.349 e. The Morgan fingerprint density at radius 2 is 1.54 bits per heavy atom. The maximum Gasteiger partial charge on any atom is 0.224 e. The van der Waals surface area contributed by atoms with E-state index in [9.17, 15) is 9.59 Å². The number of carbonyl (C=O) groups is 2. The standard InChI is InChI=1S/C22H28N2O2/c1-4-18(5-2)22(19-9-7-6-8-10-19)24-21(26)15-17-11-13-20(14-12-17)23-16(3)25/h6-14,18,22H,4-5,15H2,1-3H3,(H,23,25)(H,24,26). The van der Waals surface area contributed by atoms with Crippen molar-refractivity contribution >= 4 is 17.5 Å². The van der Waals surface area contributed by atoms with Crippen molar-refractivity contribution in [1.29, 1.82) is 0 Å². The Hall–Kier alpha value is -2.62. The van der Waals surface area contributed by atoms with E-state index in [1.54, 1.807) is 0 Å². The molecule has 2 amide bonds. The summed E-state index contributed by atoms with van der Waals surface area (Å²) in [6.07, 6.45) is 2.35. The summed E-state index contributed by atoms with van der Waals surface area (Å²) in [5.41, 5.74) is 2.81. The van der Waals surface area contributed by atoms with E-state index in [2.05, 4.69) is 36.6 Å². The van der Waals surface area contributed by atoms with Gasteiger partial charge in [-0.15, -0.1) is 0 Å². The van der Waals surface area contributed by atoms with Crippen molar-refractivity contribution in [1.82, 2.24) is 5.32 Å². The van der Waals surface area contributed by atoms with Gasteiger partial charge in [0, 0.05) is 12.6 Å². The summed E-state index contributed by atoms with van der Waals surface area (Å²) in [5, 5.41) is 5.95. The molecule has 0 aliphatic heterocycles. The van der Waals surface area contributed by atoms with Gasteiger partial charge in [0.1, 0.15) is 0 Å². The summed E-state index contributed by atoms with van der Waals surface area (Å²) in [5.74, 6) is 0.313. The van der Waals surface area contributed by atoms with Gasteiger partial charge in [-0.05, 0) is 29.2 Å². The van der Waals surface area contributed by atoms with Crippen LogP contribution in [0.15, 0.2) is 54.6 Å². The molecule has 0 saturated carbocycles. The van der Waals surface area contributed by atoms with E-state index in [0.717, 1.165) is 29.7 Å². The molecule has 0 spiro atoms. The van der Waals surface area contributed by atoms with Crippen LogP contribution in [-0.2, 0) is 16.0 Å². The van der Waals surface area contributed by atoms with E-state index in [1.165, 1.54) is 6.92 Å². The van der Waals surface area contributed by atoms with Crippen LogP contribution in [0.25, 0.3) is 0 Å². The zero-order valence-corrected chi connectivity index (χ0v) is 15.8. The molecule has 2 aromatic carbocycles. The third-order valence-electron chi connectivity index (χ3n) is 4.63. The van der Waals surface area contributed by atoms with Crippen molar-refractivity contribution in [3.05, 3.63) is 65.7 Å². The lowest BCUT2D eigenvalue weighted by Crippen LogP contribution is -2.34. The SMILES string of the molecule is CCC(CC)C(NC(=O)Cc1ccc(NC(C)=O)cc1)c1ccccc1. The molecule has 0 heterocycles. The summed E-state index contributed by atoms with van der Waals surface area (Å²) >= 11 is 0. The third kappa shape index (κ3) is 5.73. The predicted octanol–water partition coefficient (Wildman–Crippen LogP) is 4.48. The van der Waals surface area contributed by atoms with Crippen LogP contribution >= 0.6 is 0 Å². The molecule has 0 aliphatic carbocycles. The topological polar surface area (TPSA) is 58.2 Å². The van der Waals surface area contributed by atoms with Gasteiger partial charge < -0.3 is 10.6 Å². The number of hydrogen-bond donors (Lipinski definition) is 2. The molecule has 0 aromatic heterocycles. The largest absolute Gasteiger partial charge is 0.349 e. The Kier molecular flexibility index (Phi) is 7.39. The highest BCUT2D eigenvalue weighted by molar-refractivity contribution is 5.88. The van der Waals surface area contributed by atoms with Crippen molar-refractivity contribution in [3.8, 4) is 0 Å². The van der Waals surface area contributed by atoms with Gasteiger partial charge in [-0.2, -0.15) is 0 Å². The van der Waals surface area contributed by atoms with E-state index >= 15 is 0 Å². The minimum absolute atomic E-state index is 0.0121. The smallest absolute Gasteiger partial charge is 0.224 e. The average Bonchev–Trinajstić information content (AvgIpc) is 2.64. The summed E-state index contributed by atoms with van der Waals surface area (Å²) in [6.45, 7) is 5.80. The molecular weight excluding hydrogens is 324 g/mol. The lowest BCUT2D eigenvalue weighted by molar-refractivity contribution is -0.121. The number of rotatable bonds is 8. The summed E-state index contributed by atoms with van der Waals surface area (Å²) in [7, 11) is 0. The third-order valence-corrected chi connectivity index (χ3v) is 4.63. The van der Waals surface area contributed by atoms with Gasteiger partial charge >= 0.3 is 0 Å². The summed E-state index contributed by atoms with van der Waals surface area (Å²) in [4.78, 5) is 23.7. The van der Waals surface area contributed by atoms with Crippen LogP contribution in [0.4, 0.5) is 5.69 Å². The normalized spacial score (nSPS) is 11.8. The number of nitrogens with one attached hydrogen (secondary N) is 2. The molecule has 0 bridgehead atoms. The Morgan fingerprint density at radius 3 is 2.08 bits per heavy atom. The molecule has 138 valence electrons. The number of carbonyl (C=O) groups excluding carboxylic acids is 2. The maximum atomic E-state index is 12.6. The van der Waals surface area contributed by atoms with Crippen molar-refractivity contribution in [2.45, 2.75) is 46.1 Å². The van der Waals surface area contributed by atoms with E-state index in [4.69, 9.17) is 0 Å². The van der Waals surface area contributed by atoms with Gasteiger partial charge in [0.25, 0.3) is 0 Å². The second-order valence-corrected chi connectivity index (χ2v) is 6.59. The molecule has 2 aromatic rings. The van der Waals surface area contributed by atoms with Crippen molar-refractivity contribution in [3.63, 3.8) is 0 Å². The van der Waals surface area contributed by atoms with Crippen LogP contribution in [0.5, 0.6) is 0 Å². The molecule has 4 nitrogen and oxygen atoms in total. The summed E-state index contributed by atoms with van der Waals surface area (Å²) < 4.78 is 0. The van der Waals surface area contributed by atoms with Gasteiger partial charge in [0.15, 0.2) is 0 Å². The lowest BCUT2D eigenvalue weighted by Gasteiger charge is -2.27. The first-order valence-corrected chi connectivity index (χ1v) is 9.24. The highest BCUT2D eigenvalue weighted by Crippen LogP contribution is 2.27. The van der Waals surface area contributed by atoms with E-state index < -0.39 is 0 Å². The predicted molar refractivity (Wildman–Crippen MR) is 106 cm³/mol. The molecule has 26 heavy (non-hydrogen) atoms. The van der Waals surface area contributed by atoms with Gasteiger partial charge in [0.05, 0.1) is 12.5 Å². The molecule has 0 fully saturated rings. The molecule has 4 heteroatoms. The molecular formula is C22H28N2O2. The Bertz CT molecular complexity index is 707. The molecule has 0 saturated heterocycles. The van der Waals surface area contributed by atoms with Crippen molar-refractivity contribution in [2.75, 3.05) is 5.32 Å². The summed E-state index contributed by atoms with van der Waals surface area (Å²) in [6, 6.07) is 17.6. The number of benzene rings is 2. The molecule has 0 aliphatic rings. The van der Waals surface area contributed by atoms with Crippen LogP contribution in [-0.4, -0.2) is 11.8 Å². The van der Waals surface area contributed by atoms with Gasteiger partial charge in [-0.1, -0.05) is 69.2 Å². The zero-order chi connectivity index (χ0) is 18.9. The molecule has 2 rings (SSSR count). The van der Waals surface area contributed by atoms with E-state index in [0.29, 0.717) is 12.3 Å². The van der Waals surface area contributed by atoms with E-state index in [-0.39, 0.29) is 17.9 Å². The minimum atomic E-state index is -0.105. The average molecular weight is 352 g/mol. The fourth-order valence-corrected chi connectivity index (χ4v) is 3.21. The van der Waals surface area contributed by atoms with Crippen LogP contribution in [0.1, 0.15) is 50.8 Å². The van der Waals surface area contributed by atoms with Crippen LogP contribution in [0.3, 0.4) is 0 Å². The lowest BCUT2D eigenvalue weighted by atomic mass is 9.88. The van der Waals surface area contributed by atoms with Gasteiger partial charge in [-0.25, -0.2) is 0 Å². The quantitative estimate of drug-likeness (QED) is 0.736. The first-order valence-electron chi connectivity index (χ1n) is 9.24. The molecule has 2 N–H and O–H groups in total.